The number of hydrogen-bond acceptors (Lipinski definition) is 2. The van der Waals surface area contributed by atoms with Crippen LogP contribution in [-0.2, 0) is 10.8 Å². The van der Waals surface area contributed by atoms with E-state index in [0.29, 0.717) is 0 Å². The lowest BCUT2D eigenvalue weighted by Crippen LogP contribution is -2.57. The average molecular weight is 936 g/mol. The summed E-state index contributed by atoms with van der Waals surface area (Å²) in [6, 6.07) is 73.2. The van der Waals surface area contributed by atoms with Gasteiger partial charge in [-0.1, -0.05) is 163 Å². The van der Waals surface area contributed by atoms with Crippen molar-refractivity contribution in [2.75, 3.05) is 4.90 Å². The topological polar surface area (TPSA) is 25.7 Å². The summed E-state index contributed by atoms with van der Waals surface area (Å²) in [7, 11) is 0. The van der Waals surface area contributed by atoms with Crippen molar-refractivity contribution in [2.24, 2.45) is 0 Å². The molecule has 0 aliphatic carbocycles. The molecule has 4 nitrogen and oxygen atoms in total. The number of para-hydroxylation sites is 3. The first-order chi connectivity index (χ1) is 35.5. The summed E-state index contributed by atoms with van der Waals surface area (Å²) in [5.41, 5.74) is 23.8. The third kappa shape index (κ3) is 5.46. The monoisotopic (exact) mass is 935 g/mol. The van der Waals surface area contributed by atoms with Gasteiger partial charge < -0.3 is 18.2 Å². The Bertz CT molecular complexity index is 4640. The lowest BCUT2D eigenvalue weighted by molar-refractivity contribution is 0.590. The lowest BCUT2D eigenvalue weighted by atomic mass is 9.44. The summed E-state index contributed by atoms with van der Waals surface area (Å²) in [5.74, 6) is 0. The van der Waals surface area contributed by atoms with E-state index in [2.05, 4.69) is 249 Å². The lowest BCUT2D eigenvalue weighted by Gasteiger charge is -2.41. The molecule has 16 rings (SSSR count). The number of furan rings is 1. The van der Waals surface area contributed by atoms with Crippen LogP contribution < -0.4 is 15.8 Å². The van der Waals surface area contributed by atoms with Gasteiger partial charge in [-0.3, -0.25) is 0 Å². The Labute approximate surface area is 423 Å². The van der Waals surface area contributed by atoms with Crippen molar-refractivity contribution in [1.82, 2.24) is 8.88 Å². The smallest absolute Gasteiger partial charge is 0.333 e. The Morgan fingerprint density at radius 3 is 1.68 bits per heavy atom. The van der Waals surface area contributed by atoms with Crippen LogP contribution in [0.15, 0.2) is 199 Å². The van der Waals surface area contributed by atoms with Crippen LogP contribution in [0, 0.1) is 0 Å². The van der Waals surface area contributed by atoms with Gasteiger partial charge >= 0.3 is 6.85 Å². The Hall–Kier alpha value is -8.54. The molecule has 4 aromatic heterocycles. The van der Waals surface area contributed by atoms with E-state index >= 15 is 0 Å². The predicted molar refractivity (Wildman–Crippen MR) is 310 cm³/mol. The van der Waals surface area contributed by atoms with Crippen molar-refractivity contribution >= 4 is 117 Å². The number of aromatic nitrogens is 2. The molecule has 0 saturated carbocycles. The van der Waals surface area contributed by atoms with Crippen molar-refractivity contribution in [3.8, 4) is 33.4 Å². The molecule has 0 N–H and O–H groups in total. The molecule has 2 aliphatic rings. The van der Waals surface area contributed by atoms with E-state index < -0.39 is 0 Å². The van der Waals surface area contributed by atoms with Crippen LogP contribution in [0.5, 0.6) is 0 Å². The zero-order valence-electron chi connectivity index (χ0n) is 41.8. The number of rotatable bonds is 3. The second-order valence-electron chi connectivity index (χ2n) is 22.9. The summed E-state index contributed by atoms with van der Waals surface area (Å²) in [4.78, 5) is 2.62. The van der Waals surface area contributed by atoms with Gasteiger partial charge in [-0.05, 0) is 127 Å². The van der Waals surface area contributed by atoms with E-state index in [0.717, 1.165) is 27.9 Å². The highest BCUT2D eigenvalue weighted by atomic mass is 16.3. The standard InChI is InChI=1S/C68H50BN3O/c1-67(2,3)43-29-30-55-49(34-43)50-35-44(68(4,5)6)36-52-61-60-48-25-15-18-28-58(48)73-59(60)38-57-63(61)69(72(55)65(50)52)64-56(37-51-46-23-13-16-26-53(46)71-54-27-17-14-24-47(54)62(64)66(51)71)70(57)45-32-41(39-19-9-7-10-20-39)31-42(33-45)40-21-11-8-12-22-40/h7-38H,1-6H3. The molecule has 0 amide bonds. The molecule has 0 saturated heterocycles. The van der Waals surface area contributed by atoms with Gasteiger partial charge in [0.25, 0.3) is 0 Å². The number of nitrogens with zero attached hydrogens (tertiary/aromatic N) is 3. The molecule has 0 atom stereocenters. The molecular formula is C68H50BN3O. The molecule has 5 heteroatoms. The summed E-state index contributed by atoms with van der Waals surface area (Å²) in [6.07, 6.45) is 0. The molecule has 10 aromatic carbocycles. The molecule has 73 heavy (non-hydrogen) atoms. The number of anilines is 3. The van der Waals surface area contributed by atoms with Gasteiger partial charge in [-0.15, -0.1) is 0 Å². The van der Waals surface area contributed by atoms with Gasteiger partial charge in [0.1, 0.15) is 11.2 Å². The third-order valence-electron chi connectivity index (χ3n) is 16.7. The zero-order chi connectivity index (χ0) is 48.8. The first-order valence-corrected chi connectivity index (χ1v) is 25.9. The molecule has 0 bridgehead atoms. The Morgan fingerprint density at radius 2 is 0.986 bits per heavy atom. The van der Waals surface area contributed by atoms with Crippen molar-refractivity contribution in [1.29, 1.82) is 0 Å². The van der Waals surface area contributed by atoms with Crippen molar-refractivity contribution in [3.05, 3.63) is 205 Å². The second-order valence-corrected chi connectivity index (χ2v) is 22.9. The molecule has 0 unspecified atom stereocenters. The van der Waals surface area contributed by atoms with E-state index in [9.17, 15) is 0 Å². The van der Waals surface area contributed by atoms with Crippen LogP contribution in [-0.4, -0.2) is 15.7 Å². The summed E-state index contributed by atoms with van der Waals surface area (Å²) in [6.45, 7) is 13.9. The van der Waals surface area contributed by atoms with E-state index in [-0.39, 0.29) is 17.7 Å². The van der Waals surface area contributed by atoms with Crippen molar-refractivity contribution in [2.45, 2.75) is 52.4 Å². The molecule has 2 aliphatic heterocycles. The fraction of sp³-hybridized carbons (Fsp3) is 0.118. The summed E-state index contributed by atoms with van der Waals surface area (Å²) in [5, 5.41) is 10.0. The normalized spacial score (nSPS) is 13.6. The average Bonchev–Trinajstić information content (AvgIpc) is 4.15. The number of hydrogen-bond donors (Lipinski definition) is 0. The van der Waals surface area contributed by atoms with Gasteiger partial charge in [-0.2, -0.15) is 0 Å². The predicted octanol–water partition coefficient (Wildman–Crippen LogP) is 17.2. The van der Waals surface area contributed by atoms with Gasteiger partial charge in [0.05, 0.1) is 16.6 Å². The van der Waals surface area contributed by atoms with E-state index in [1.807, 2.05) is 0 Å². The number of fused-ring (bicyclic) bond motifs is 18. The minimum Gasteiger partial charge on any atom is -0.456 e. The quantitative estimate of drug-likeness (QED) is 0.165. The molecule has 0 radical (unpaired) electrons. The third-order valence-corrected chi connectivity index (χ3v) is 16.7. The second kappa shape index (κ2) is 14.1. The van der Waals surface area contributed by atoms with Gasteiger partial charge in [-0.25, -0.2) is 0 Å². The summed E-state index contributed by atoms with van der Waals surface area (Å²) >= 11 is 0. The minimum atomic E-state index is -0.203. The van der Waals surface area contributed by atoms with Gasteiger partial charge in [0.2, 0.25) is 0 Å². The van der Waals surface area contributed by atoms with Crippen LogP contribution in [0.3, 0.4) is 0 Å². The Balaban J connectivity index is 1.17. The largest absolute Gasteiger partial charge is 0.456 e. The first kappa shape index (κ1) is 41.1. The maximum absolute atomic E-state index is 7.15. The van der Waals surface area contributed by atoms with Crippen molar-refractivity contribution in [3.63, 3.8) is 0 Å². The Kier molecular flexibility index (Phi) is 7.95. The number of benzene rings is 10. The fourth-order valence-corrected chi connectivity index (χ4v) is 13.3. The molecular weight excluding hydrogens is 886 g/mol. The SMILES string of the molecule is CC(C)(C)c1ccc2c(c1)c1cc(C(C)(C)C)cc3c1n2B1c2c(cc4oc5ccccc5c4c2-3)N(c2cc(-c3ccccc3)cc(-c3ccccc3)c2)c2cc3c4ccccc4n4c5ccccc5c(c21)c34. The van der Waals surface area contributed by atoms with E-state index in [1.54, 1.807) is 0 Å². The van der Waals surface area contributed by atoms with Crippen LogP contribution in [0.25, 0.3) is 115 Å². The molecule has 6 heterocycles. The maximum atomic E-state index is 7.15. The molecule has 0 spiro atoms. The molecule has 14 aromatic rings. The van der Waals surface area contributed by atoms with Crippen LogP contribution in [0.4, 0.5) is 17.1 Å². The van der Waals surface area contributed by atoms with Crippen LogP contribution in [0.1, 0.15) is 52.7 Å². The van der Waals surface area contributed by atoms with Gasteiger partial charge in [0.15, 0.2) is 0 Å². The molecule has 0 fully saturated rings. The highest BCUT2D eigenvalue weighted by Crippen LogP contribution is 2.53. The minimum absolute atomic E-state index is 0.0370. The molecule has 346 valence electrons. The van der Waals surface area contributed by atoms with E-state index in [4.69, 9.17) is 4.42 Å². The van der Waals surface area contributed by atoms with Gasteiger partial charge in [0, 0.05) is 82.8 Å². The van der Waals surface area contributed by atoms with Crippen LogP contribution >= 0.6 is 0 Å². The maximum Gasteiger partial charge on any atom is 0.333 e. The van der Waals surface area contributed by atoms with Crippen molar-refractivity contribution < 1.29 is 4.42 Å². The summed E-state index contributed by atoms with van der Waals surface area (Å²) < 4.78 is 12.5. The Morgan fingerprint density at radius 1 is 0.397 bits per heavy atom. The van der Waals surface area contributed by atoms with E-state index in [1.165, 1.54) is 126 Å². The highest BCUT2D eigenvalue weighted by molar-refractivity contribution is 6.92. The fourth-order valence-electron chi connectivity index (χ4n) is 13.3. The zero-order valence-corrected chi connectivity index (χ0v) is 41.8. The first-order valence-electron chi connectivity index (χ1n) is 25.9. The highest BCUT2D eigenvalue weighted by Gasteiger charge is 2.47. The van der Waals surface area contributed by atoms with Crippen LogP contribution in [0.2, 0.25) is 0 Å².